The first kappa shape index (κ1) is 15.5. The van der Waals surface area contributed by atoms with Gasteiger partial charge in [0.15, 0.2) is 0 Å². The summed E-state index contributed by atoms with van der Waals surface area (Å²) in [5, 5.41) is 13.8. The number of carbonyl (C=O) groups excluding carboxylic acids is 1. The smallest absolute Gasteiger partial charge is 0.247 e. The molecule has 1 aliphatic rings. The second kappa shape index (κ2) is 6.25. The van der Waals surface area contributed by atoms with Crippen molar-refractivity contribution in [3.05, 3.63) is 56.7 Å². The van der Waals surface area contributed by atoms with E-state index >= 15 is 0 Å². The Balaban J connectivity index is 2.73. The second-order valence-electron chi connectivity index (χ2n) is 4.54. The van der Waals surface area contributed by atoms with Crippen LogP contribution in [0.3, 0.4) is 0 Å². The van der Waals surface area contributed by atoms with Crippen LogP contribution in [0.25, 0.3) is 0 Å². The first-order valence-corrected chi connectivity index (χ1v) is 7.81. The van der Waals surface area contributed by atoms with Gasteiger partial charge in [-0.25, -0.2) is 0 Å². The first-order chi connectivity index (χ1) is 10.0. The average Bonchev–Trinajstić information content (AvgIpc) is 2.46. The van der Waals surface area contributed by atoms with Crippen LogP contribution in [0.1, 0.15) is 18.4 Å². The highest BCUT2D eigenvalue weighted by atomic mass is 35.5. The van der Waals surface area contributed by atoms with Gasteiger partial charge in [-0.1, -0.05) is 29.8 Å². The van der Waals surface area contributed by atoms with Crippen LogP contribution in [-0.4, -0.2) is 12.2 Å². The molecule has 6 heteroatoms. The highest BCUT2D eigenvalue weighted by Gasteiger charge is 2.34. The van der Waals surface area contributed by atoms with E-state index in [2.05, 4.69) is 11.4 Å². The SMILES string of the molecule is CSC1=C(C#N)[C@H](c2ccccc2Cl)C(C(N)=O)=C(C)N1. The molecular formula is C15H14ClN3OS. The lowest BCUT2D eigenvalue weighted by molar-refractivity contribution is -0.114. The van der Waals surface area contributed by atoms with Gasteiger partial charge >= 0.3 is 0 Å². The number of nitrogens with two attached hydrogens (primary N) is 1. The van der Waals surface area contributed by atoms with Gasteiger partial charge in [-0.05, 0) is 24.8 Å². The quantitative estimate of drug-likeness (QED) is 0.898. The Hall–Kier alpha value is -1.90. The van der Waals surface area contributed by atoms with Crippen molar-refractivity contribution in [3.8, 4) is 6.07 Å². The van der Waals surface area contributed by atoms with Crippen LogP contribution in [-0.2, 0) is 4.79 Å². The summed E-state index contributed by atoms with van der Waals surface area (Å²) in [5.41, 5.74) is 7.70. The van der Waals surface area contributed by atoms with Crippen molar-refractivity contribution in [2.45, 2.75) is 12.8 Å². The van der Waals surface area contributed by atoms with Gasteiger partial charge in [-0.3, -0.25) is 4.79 Å². The minimum atomic E-state index is -0.558. The Bertz CT molecular complexity index is 703. The molecule has 108 valence electrons. The highest BCUT2D eigenvalue weighted by Crippen LogP contribution is 2.41. The minimum absolute atomic E-state index is 0.373. The normalized spacial score (nSPS) is 18.3. The standard InChI is InChI=1S/C15H14ClN3OS/c1-8-12(14(18)20)13(9-5-3-4-6-11(9)16)10(7-17)15(19-8)21-2/h3-6,13,19H,1-2H3,(H2,18,20)/t13-/m0/s1. The third-order valence-corrected chi connectivity index (χ3v) is 4.41. The monoisotopic (exact) mass is 319 g/mol. The zero-order chi connectivity index (χ0) is 15.6. The molecule has 0 unspecified atom stereocenters. The lowest BCUT2D eigenvalue weighted by Crippen LogP contribution is -2.31. The third kappa shape index (κ3) is 2.78. The van der Waals surface area contributed by atoms with Crippen molar-refractivity contribution in [3.63, 3.8) is 0 Å². The number of carbonyl (C=O) groups is 1. The van der Waals surface area contributed by atoms with Crippen molar-refractivity contribution in [2.75, 3.05) is 6.26 Å². The van der Waals surface area contributed by atoms with E-state index in [0.717, 1.165) is 0 Å². The summed E-state index contributed by atoms with van der Waals surface area (Å²) in [6, 6.07) is 9.36. The molecule has 0 spiro atoms. The number of rotatable bonds is 3. The predicted octanol–water partition coefficient (Wildman–Crippen LogP) is 2.88. The number of hydrogen-bond donors (Lipinski definition) is 2. The number of hydrogen-bond acceptors (Lipinski definition) is 4. The summed E-state index contributed by atoms with van der Waals surface area (Å²) in [4.78, 5) is 11.9. The molecule has 2 rings (SSSR count). The molecule has 0 aliphatic carbocycles. The van der Waals surface area contributed by atoms with E-state index in [1.165, 1.54) is 11.8 Å². The summed E-state index contributed by atoms with van der Waals surface area (Å²) in [5.74, 6) is -1.09. The van der Waals surface area contributed by atoms with Gasteiger partial charge in [-0.2, -0.15) is 5.26 Å². The number of halogens is 1. The predicted molar refractivity (Wildman–Crippen MR) is 85.4 cm³/mol. The molecule has 1 aliphatic heterocycles. The Morgan fingerprint density at radius 2 is 2.14 bits per heavy atom. The number of nitrogens with one attached hydrogen (secondary N) is 1. The fraction of sp³-hybridized carbons (Fsp3) is 0.200. The maximum absolute atomic E-state index is 11.9. The van der Waals surface area contributed by atoms with Crippen LogP contribution in [0.4, 0.5) is 0 Å². The van der Waals surface area contributed by atoms with Gasteiger partial charge in [0.2, 0.25) is 5.91 Å². The van der Waals surface area contributed by atoms with Crippen molar-refractivity contribution >= 4 is 29.3 Å². The molecule has 0 radical (unpaired) electrons. The number of primary amides is 1. The number of benzene rings is 1. The Labute approximate surface area is 132 Å². The molecular weight excluding hydrogens is 306 g/mol. The number of nitrogens with zero attached hydrogens (tertiary/aromatic N) is 1. The maximum Gasteiger partial charge on any atom is 0.247 e. The van der Waals surface area contributed by atoms with E-state index < -0.39 is 11.8 Å². The average molecular weight is 320 g/mol. The lowest BCUT2D eigenvalue weighted by atomic mass is 9.82. The van der Waals surface area contributed by atoms with E-state index in [4.69, 9.17) is 17.3 Å². The summed E-state index contributed by atoms with van der Waals surface area (Å²) in [6.07, 6.45) is 1.87. The van der Waals surface area contributed by atoms with Crippen LogP contribution < -0.4 is 11.1 Å². The molecule has 0 bridgehead atoms. The van der Waals surface area contributed by atoms with Crippen LogP contribution in [0.15, 0.2) is 46.1 Å². The fourth-order valence-electron chi connectivity index (χ4n) is 2.42. The molecule has 0 fully saturated rings. The van der Waals surface area contributed by atoms with E-state index in [0.29, 0.717) is 32.5 Å². The zero-order valence-electron chi connectivity index (χ0n) is 11.6. The van der Waals surface area contributed by atoms with Crippen molar-refractivity contribution in [1.29, 1.82) is 5.26 Å². The van der Waals surface area contributed by atoms with Crippen LogP contribution in [0.2, 0.25) is 5.02 Å². The lowest BCUT2D eigenvalue weighted by Gasteiger charge is -2.29. The van der Waals surface area contributed by atoms with Gasteiger partial charge in [-0.15, -0.1) is 11.8 Å². The molecule has 0 saturated heterocycles. The van der Waals surface area contributed by atoms with Crippen LogP contribution >= 0.6 is 23.4 Å². The molecule has 21 heavy (non-hydrogen) atoms. The number of thioether (sulfide) groups is 1. The first-order valence-electron chi connectivity index (χ1n) is 6.21. The molecule has 1 heterocycles. The molecule has 1 aromatic carbocycles. The van der Waals surface area contributed by atoms with E-state index in [-0.39, 0.29) is 0 Å². The molecule has 1 amide bonds. The third-order valence-electron chi connectivity index (χ3n) is 3.33. The van der Waals surface area contributed by atoms with Crippen molar-refractivity contribution in [1.82, 2.24) is 5.32 Å². The molecule has 1 aromatic rings. The molecule has 0 saturated carbocycles. The largest absolute Gasteiger partial charge is 0.366 e. The van der Waals surface area contributed by atoms with Crippen molar-refractivity contribution in [2.24, 2.45) is 5.73 Å². The van der Waals surface area contributed by atoms with Crippen LogP contribution in [0, 0.1) is 11.3 Å². The van der Waals surface area contributed by atoms with Gasteiger partial charge in [0.1, 0.15) is 0 Å². The Morgan fingerprint density at radius 3 is 2.67 bits per heavy atom. The number of nitriles is 1. The molecule has 0 aromatic heterocycles. The molecule has 4 nitrogen and oxygen atoms in total. The molecule has 1 atom stereocenters. The molecule has 3 N–H and O–H groups in total. The van der Waals surface area contributed by atoms with Crippen molar-refractivity contribution < 1.29 is 4.79 Å². The van der Waals surface area contributed by atoms with Crippen LogP contribution in [0.5, 0.6) is 0 Å². The van der Waals surface area contributed by atoms with Gasteiger partial charge < -0.3 is 11.1 Å². The summed E-state index contributed by atoms with van der Waals surface area (Å²) < 4.78 is 0. The Kier molecular flexibility index (Phi) is 4.61. The fourth-order valence-corrected chi connectivity index (χ4v) is 3.30. The highest BCUT2D eigenvalue weighted by molar-refractivity contribution is 8.02. The van der Waals surface area contributed by atoms with Gasteiger partial charge in [0, 0.05) is 16.3 Å². The summed E-state index contributed by atoms with van der Waals surface area (Å²) in [7, 11) is 0. The summed E-state index contributed by atoms with van der Waals surface area (Å²) >= 11 is 7.67. The van der Waals surface area contributed by atoms with Gasteiger partial charge in [0.05, 0.1) is 22.6 Å². The topological polar surface area (TPSA) is 78.9 Å². The minimum Gasteiger partial charge on any atom is -0.366 e. The number of amides is 1. The number of allylic oxidation sites excluding steroid dienone is 2. The van der Waals surface area contributed by atoms with E-state index in [9.17, 15) is 10.1 Å². The van der Waals surface area contributed by atoms with Gasteiger partial charge in [0.25, 0.3) is 0 Å². The van der Waals surface area contributed by atoms with E-state index in [1.54, 1.807) is 19.1 Å². The zero-order valence-corrected chi connectivity index (χ0v) is 13.2. The maximum atomic E-state index is 11.9. The van der Waals surface area contributed by atoms with E-state index in [1.807, 2.05) is 18.4 Å². The summed E-state index contributed by atoms with van der Waals surface area (Å²) in [6.45, 7) is 1.77. The number of dihydropyridines is 1. The second-order valence-corrected chi connectivity index (χ2v) is 5.76. The Morgan fingerprint density at radius 1 is 1.48 bits per heavy atom.